The van der Waals surface area contributed by atoms with Gasteiger partial charge in [0, 0.05) is 0 Å². The third-order valence-electron chi connectivity index (χ3n) is 2.11. The van der Waals surface area contributed by atoms with E-state index < -0.39 is 6.03 Å². The van der Waals surface area contributed by atoms with Crippen molar-refractivity contribution in [1.29, 1.82) is 0 Å². The quantitative estimate of drug-likeness (QED) is 0.530. The Morgan fingerprint density at radius 1 is 1.07 bits per heavy atom. The lowest BCUT2D eigenvalue weighted by Gasteiger charge is -1.96. The molecule has 0 unspecified atom stereocenters. The van der Waals surface area contributed by atoms with E-state index in [0.717, 1.165) is 11.1 Å². The molecule has 4 nitrogen and oxygen atoms in total. The maximum absolute atomic E-state index is 11.2. The first-order chi connectivity index (χ1) is 7.15. The molecule has 0 saturated carbocycles. The van der Waals surface area contributed by atoms with Crippen molar-refractivity contribution in [1.82, 2.24) is 10.6 Å². The molecule has 76 valence electrons. The fraction of sp³-hybridized carbons (Fsp3) is 0.0909. The average molecular weight is 202 g/mol. The van der Waals surface area contributed by atoms with Gasteiger partial charge in [-0.3, -0.25) is 10.1 Å². The third-order valence-corrected chi connectivity index (χ3v) is 2.11. The minimum Gasteiger partial charge on any atom is -0.303 e. The summed E-state index contributed by atoms with van der Waals surface area (Å²) in [4.78, 5) is 22.0. The second-order valence-corrected chi connectivity index (χ2v) is 3.38. The van der Waals surface area contributed by atoms with E-state index in [-0.39, 0.29) is 11.6 Å². The van der Waals surface area contributed by atoms with Gasteiger partial charge >= 0.3 is 6.03 Å². The van der Waals surface area contributed by atoms with Crippen LogP contribution in [0.3, 0.4) is 0 Å². The lowest BCUT2D eigenvalue weighted by atomic mass is 10.1. The number of carbonyl (C=O) groups is 2. The van der Waals surface area contributed by atoms with Crippen LogP contribution in [-0.2, 0) is 4.79 Å². The van der Waals surface area contributed by atoms with Crippen LogP contribution in [0.15, 0.2) is 30.0 Å². The predicted molar refractivity (Wildman–Crippen MR) is 55.8 cm³/mol. The molecule has 0 aliphatic carbocycles. The van der Waals surface area contributed by atoms with E-state index in [9.17, 15) is 9.59 Å². The van der Waals surface area contributed by atoms with E-state index in [4.69, 9.17) is 0 Å². The van der Waals surface area contributed by atoms with Gasteiger partial charge in [-0.2, -0.15) is 0 Å². The van der Waals surface area contributed by atoms with Gasteiger partial charge in [-0.05, 0) is 18.6 Å². The minimum absolute atomic E-state index is 0.281. The van der Waals surface area contributed by atoms with Gasteiger partial charge in [-0.1, -0.05) is 29.8 Å². The first-order valence-electron chi connectivity index (χ1n) is 4.56. The number of urea groups is 1. The maximum atomic E-state index is 11.2. The van der Waals surface area contributed by atoms with E-state index in [1.54, 1.807) is 6.08 Å². The number of rotatable bonds is 1. The van der Waals surface area contributed by atoms with Crippen LogP contribution >= 0.6 is 0 Å². The van der Waals surface area contributed by atoms with Crippen LogP contribution in [0, 0.1) is 6.92 Å². The smallest absolute Gasteiger partial charge is 0.303 e. The fourth-order valence-corrected chi connectivity index (χ4v) is 1.31. The van der Waals surface area contributed by atoms with Crippen LogP contribution in [0.5, 0.6) is 0 Å². The molecule has 2 N–H and O–H groups in total. The van der Waals surface area contributed by atoms with Crippen LogP contribution < -0.4 is 10.6 Å². The van der Waals surface area contributed by atoms with Crippen molar-refractivity contribution in [2.24, 2.45) is 0 Å². The third kappa shape index (κ3) is 2.04. The maximum Gasteiger partial charge on any atom is 0.326 e. The predicted octanol–water partition coefficient (Wildman–Crippen LogP) is 1.18. The number of carbonyl (C=O) groups excluding carboxylic acids is 2. The SMILES string of the molecule is Cc1ccc(/C=C2/NC(=O)NC2=O)cc1. The van der Waals surface area contributed by atoms with Crippen molar-refractivity contribution < 1.29 is 9.59 Å². The second-order valence-electron chi connectivity index (χ2n) is 3.38. The lowest BCUT2D eigenvalue weighted by Crippen LogP contribution is -2.22. The summed E-state index contributed by atoms with van der Waals surface area (Å²) in [7, 11) is 0. The molecule has 0 atom stereocenters. The molecule has 2 rings (SSSR count). The van der Waals surface area contributed by atoms with E-state index >= 15 is 0 Å². The number of aryl methyl sites for hydroxylation is 1. The molecule has 1 aromatic carbocycles. The molecule has 4 heteroatoms. The Kier molecular flexibility index (Phi) is 2.25. The molecule has 1 fully saturated rings. The normalized spacial score (nSPS) is 17.8. The van der Waals surface area contributed by atoms with Crippen molar-refractivity contribution in [2.45, 2.75) is 6.92 Å². The molecule has 1 aromatic rings. The topological polar surface area (TPSA) is 58.2 Å². The van der Waals surface area contributed by atoms with Gasteiger partial charge in [0.1, 0.15) is 5.70 Å². The minimum atomic E-state index is -0.474. The van der Waals surface area contributed by atoms with Crippen LogP contribution in [0.25, 0.3) is 6.08 Å². The van der Waals surface area contributed by atoms with E-state index in [1.165, 1.54) is 0 Å². The molecule has 15 heavy (non-hydrogen) atoms. The highest BCUT2D eigenvalue weighted by Crippen LogP contribution is 2.09. The summed E-state index contributed by atoms with van der Waals surface area (Å²) < 4.78 is 0. The number of benzene rings is 1. The summed E-state index contributed by atoms with van der Waals surface area (Å²) in [6.45, 7) is 1.99. The van der Waals surface area contributed by atoms with Crippen LogP contribution in [-0.4, -0.2) is 11.9 Å². The lowest BCUT2D eigenvalue weighted by molar-refractivity contribution is -0.115. The van der Waals surface area contributed by atoms with Gasteiger partial charge < -0.3 is 5.32 Å². The Morgan fingerprint density at radius 2 is 1.73 bits per heavy atom. The van der Waals surface area contributed by atoms with Gasteiger partial charge in [0.25, 0.3) is 5.91 Å². The zero-order valence-corrected chi connectivity index (χ0v) is 8.20. The van der Waals surface area contributed by atoms with Crippen LogP contribution in [0.4, 0.5) is 4.79 Å². The first kappa shape index (κ1) is 9.45. The zero-order valence-electron chi connectivity index (χ0n) is 8.20. The molecule has 1 saturated heterocycles. The number of amides is 3. The molecular weight excluding hydrogens is 192 g/mol. The van der Waals surface area contributed by atoms with Crippen LogP contribution in [0.1, 0.15) is 11.1 Å². The number of nitrogens with one attached hydrogen (secondary N) is 2. The number of hydrogen-bond acceptors (Lipinski definition) is 2. The molecule has 0 spiro atoms. The number of hydrogen-bond donors (Lipinski definition) is 2. The largest absolute Gasteiger partial charge is 0.326 e. The summed E-state index contributed by atoms with van der Waals surface area (Å²) in [5.74, 6) is -0.388. The molecule has 3 amide bonds. The van der Waals surface area contributed by atoms with E-state index in [2.05, 4.69) is 10.6 Å². The Bertz CT molecular complexity index is 446. The summed E-state index contributed by atoms with van der Waals surface area (Å²) >= 11 is 0. The average Bonchev–Trinajstić information content (AvgIpc) is 2.49. The van der Waals surface area contributed by atoms with Crippen molar-refractivity contribution >= 4 is 18.0 Å². The second kappa shape index (κ2) is 3.57. The zero-order chi connectivity index (χ0) is 10.8. The monoisotopic (exact) mass is 202 g/mol. The molecule has 0 aromatic heterocycles. The number of imide groups is 1. The van der Waals surface area contributed by atoms with Crippen molar-refractivity contribution in [3.63, 3.8) is 0 Å². The standard InChI is InChI=1S/C11H10N2O2/c1-7-2-4-8(5-3-7)6-9-10(14)13-11(15)12-9/h2-6H,1H3,(H2,12,13,14,15)/b9-6+. The molecule has 1 heterocycles. The van der Waals surface area contributed by atoms with Crippen molar-refractivity contribution in [3.8, 4) is 0 Å². The Morgan fingerprint density at radius 3 is 2.27 bits per heavy atom. The van der Waals surface area contributed by atoms with Gasteiger partial charge in [0.2, 0.25) is 0 Å². The Balaban J connectivity index is 2.27. The van der Waals surface area contributed by atoms with Crippen molar-refractivity contribution in [3.05, 3.63) is 41.1 Å². The van der Waals surface area contributed by atoms with Gasteiger partial charge in [-0.15, -0.1) is 0 Å². The summed E-state index contributed by atoms with van der Waals surface area (Å²) in [5.41, 5.74) is 2.31. The van der Waals surface area contributed by atoms with E-state index in [0.29, 0.717) is 0 Å². The summed E-state index contributed by atoms with van der Waals surface area (Å²) in [5, 5.41) is 4.57. The highest BCUT2D eigenvalue weighted by Gasteiger charge is 2.22. The fourth-order valence-electron chi connectivity index (χ4n) is 1.31. The molecule has 0 bridgehead atoms. The van der Waals surface area contributed by atoms with Crippen molar-refractivity contribution in [2.75, 3.05) is 0 Å². The molecular formula is C11H10N2O2. The van der Waals surface area contributed by atoms with Gasteiger partial charge in [0.15, 0.2) is 0 Å². The Labute approximate surface area is 87.0 Å². The van der Waals surface area contributed by atoms with Gasteiger partial charge in [0.05, 0.1) is 0 Å². The molecule has 1 aliphatic heterocycles. The highest BCUT2D eigenvalue weighted by molar-refractivity contribution is 6.13. The van der Waals surface area contributed by atoms with Gasteiger partial charge in [-0.25, -0.2) is 4.79 Å². The van der Waals surface area contributed by atoms with E-state index in [1.807, 2.05) is 31.2 Å². The molecule has 1 aliphatic rings. The summed E-state index contributed by atoms with van der Waals surface area (Å²) in [6.07, 6.45) is 1.64. The first-order valence-corrected chi connectivity index (χ1v) is 4.56. The van der Waals surface area contributed by atoms with Crippen LogP contribution in [0.2, 0.25) is 0 Å². The molecule has 0 radical (unpaired) electrons. The summed E-state index contributed by atoms with van der Waals surface area (Å²) in [6, 6.07) is 7.20. The Hall–Kier alpha value is -2.10. The highest BCUT2D eigenvalue weighted by atomic mass is 16.2.